The van der Waals surface area contributed by atoms with E-state index in [0.717, 1.165) is 6.42 Å². The van der Waals surface area contributed by atoms with Crippen LogP contribution in [0.3, 0.4) is 0 Å². The van der Waals surface area contributed by atoms with E-state index >= 15 is 0 Å². The Hall–Kier alpha value is -1.49. The molecule has 0 radical (unpaired) electrons. The lowest BCUT2D eigenvalue weighted by Gasteiger charge is -2.08. The van der Waals surface area contributed by atoms with Crippen molar-refractivity contribution in [2.75, 3.05) is 0 Å². The van der Waals surface area contributed by atoms with E-state index in [0.29, 0.717) is 11.3 Å². The summed E-state index contributed by atoms with van der Waals surface area (Å²) in [4.78, 5) is 14.0. The predicted molar refractivity (Wildman–Crippen MR) is 52.8 cm³/mol. The molecule has 0 spiro atoms. The maximum absolute atomic E-state index is 10.5. The van der Waals surface area contributed by atoms with Gasteiger partial charge in [0.05, 0.1) is 10.6 Å². The van der Waals surface area contributed by atoms with Gasteiger partial charge in [-0.05, 0) is 19.4 Å². The molecule has 14 heavy (non-hydrogen) atoms. The number of aromatic nitrogens is 1. The second-order valence-electron chi connectivity index (χ2n) is 3.17. The topological polar surface area (TPSA) is 82.0 Å². The van der Waals surface area contributed by atoms with Crippen LogP contribution >= 0.6 is 0 Å². The molecule has 76 valence electrons. The maximum atomic E-state index is 10.5. The minimum absolute atomic E-state index is 0.0389. The van der Waals surface area contributed by atoms with Gasteiger partial charge in [-0.1, -0.05) is 6.92 Å². The number of hydrogen-bond donors (Lipinski definition) is 1. The first-order valence-electron chi connectivity index (χ1n) is 4.42. The first-order valence-corrected chi connectivity index (χ1v) is 4.42. The molecule has 0 saturated heterocycles. The lowest BCUT2D eigenvalue weighted by molar-refractivity contribution is -0.385. The first-order chi connectivity index (χ1) is 6.56. The second-order valence-corrected chi connectivity index (χ2v) is 3.17. The number of hydrogen-bond acceptors (Lipinski definition) is 4. The Morgan fingerprint density at radius 1 is 1.71 bits per heavy atom. The minimum Gasteiger partial charge on any atom is -0.323 e. The van der Waals surface area contributed by atoms with Crippen LogP contribution in [0.4, 0.5) is 5.69 Å². The summed E-state index contributed by atoms with van der Waals surface area (Å²) < 4.78 is 0. The molecule has 1 aromatic rings. The average Bonchev–Trinajstić information content (AvgIpc) is 2.15. The van der Waals surface area contributed by atoms with Crippen molar-refractivity contribution in [3.8, 4) is 0 Å². The molecular weight excluding hydrogens is 182 g/mol. The molecule has 0 unspecified atom stereocenters. The minimum atomic E-state index is -0.441. The van der Waals surface area contributed by atoms with E-state index in [1.807, 2.05) is 6.92 Å². The fourth-order valence-corrected chi connectivity index (χ4v) is 1.17. The van der Waals surface area contributed by atoms with Gasteiger partial charge < -0.3 is 5.73 Å². The van der Waals surface area contributed by atoms with Crippen molar-refractivity contribution in [3.05, 3.63) is 33.6 Å². The zero-order chi connectivity index (χ0) is 10.7. The highest BCUT2D eigenvalue weighted by Crippen LogP contribution is 2.19. The Bertz CT molecular complexity index is 352. The van der Waals surface area contributed by atoms with Gasteiger partial charge in [-0.2, -0.15) is 0 Å². The summed E-state index contributed by atoms with van der Waals surface area (Å²) in [5, 5.41) is 10.5. The Labute approximate surface area is 82.1 Å². The van der Waals surface area contributed by atoms with Gasteiger partial charge in [-0.25, -0.2) is 0 Å². The Balaban J connectivity index is 3.06. The van der Waals surface area contributed by atoms with E-state index in [1.165, 1.54) is 6.20 Å². The SMILES string of the molecule is CC[C@@H](N)c1cc(C)c([N+](=O)[O-])cn1. The van der Waals surface area contributed by atoms with E-state index in [9.17, 15) is 10.1 Å². The summed E-state index contributed by atoms with van der Waals surface area (Å²) in [6.07, 6.45) is 2.03. The highest BCUT2D eigenvalue weighted by atomic mass is 16.6. The van der Waals surface area contributed by atoms with Gasteiger partial charge in [-0.3, -0.25) is 15.1 Å². The smallest absolute Gasteiger partial charge is 0.290 e. The largest absolute Gasteiger partial charge is 0.323 e. The molecule has 5 heteroatoms. The molecule has 1 rings (SSSR count). The molecule has 2 N–H and O–H groups in total. The van der Waals surface area contributed by atoms with E-state index in [4.69, 9.17) is 5.73 Å². The number of rotatable bonds is 3. The van der Waals surface area contributed by atoms with Crippen LogP contribution in [0.25, 0.3) is 0 Å². The number of pyridine rings is 1. The number of nitrogens with two attached hydrogens (primary N) is 1. The van der Waals surface area contributed by atoms with Gasteiger partial charge in [0.15, 0.2) is 0 Å². The monoisotopic (exact) mass is 195 g/mol. The molecule has 0 aliphatic heterocycles. The molecule has 0 aliphatic carbocycles. The van der Waals surface area contributed by atoms with Gasteiger partial charge in [0, 0.05) is 11.6 Å². The summed E-state index contributed by atoms with van der Waals surface area (Å²) in [5.74, 6) is 0. The summed E-state index contributed by atoms with van der Waals surface area (Å²) >= 11 is 0. The number of nitrogens with zero attached hydrogens (tertiary/aromatic N) is 2. The number of nitro groups is 1. The third-order valence-electron chi connectivity index (χ3n) is 2.12. The van der Waals surface area contributed by atoms with Crippen molar-refractivity contribution in [2.24, 2.45) is 5.73 Å². The van der Waals surface area contributed by atoms with E-state index in [1.54, 1.807) is 13.0 Å². The zero-order valence-corrected chi connectivity index (χ0v) is 8.23. The van der Waals surface area contributed by atoms with Crippen molar-refractivity contribution in [1.82, 2.24) is 4.98 Å². The molecule has 0 aliphatic rings. The molecule has 1 atom stereocenters. The van der Waals surface area contributed by atoms with Crippen molar-refractivity contribution in [3.63, 3.8) is 0 Å². The van der Waals surface area contributed by atoms with Crippen LogP contribution in [0.2, 0.25) is 0 Å². The zero-order valence-electron chi connectivity index (χ0n) is 8.23. The third kappa shape index (κ3) is 2.05. The Morgan fingerprint density at radius 2 is 2.36 bits per heavy atom. The molecule has 1 heterocycles. The van der Waals surface area contributed by atoms with Crippen molar-refractivity contribution in [1.29, 1.82) is 0 Å². The van der Waals surface area contributed by atoms with Crippen LogP contribution in [0, 0.1) is 17.0 Å². The predicted octanol–water partition coefficient (Wildman–Crippen LogP) is 1.71. The van der Waals surface area contributed by atoms with Gasteiger partial charge in [0.25, 0.3) is 5.69 Å². The average molecular weight is 195 g/mol. The van der Waals surface area contributed by atoms with Gasteiger partial charge in [0.1, 0.15) is 6.20 Å². The molecule has 0 aromatic carbocycles. The molecule has 5 nitrogen and oxygen atoms in total. The summed E-state index contributed by atoms with van der Waals surface area (Å²) in [6.45, 7) is 3.63. The lowest BCUT2D eigenvalue weighted by atomic mass is 10.1. The normalized spacial score (nSPS) is 12.5. The van der Waals surface area contributed by atoms with Gasteiger partial charge in [-0.15, -0.1) is 0 Å². The standard InChI is InChI=1S/C9H13N3O2/c1-3-7(10)8-4-6(2)9(5-11-8)12(13)14/h4-5,7H,3,10H2,1-2H3/t7-/m1/s1. The molecule has 0 amide bonds. The maximum Gasteiger partial charge on any atom is 0.290 e. The van der Waals surface area contributed by atoms with Crippen LogP contribution in [0.15, 0.2) is 12.3 Å². The van der Waals surface area contributed by atoms with Crippen molar-refractivity contribution >= 4 is 5.69 Å². The summed E-state index contributed by atoms with van der Waals surface area (Å²) in [6, 6.07) is 1.53. The Kier molecular flexibility index (Phi) is 3.14. The molecule has 1 aromatic heterocycles. The fraction of sp³-hybridized carbons (Fsp3) is 0.444. The molecular formula is C9H13N3O2. The third-order valence-corrected chi connectivity index (χ3v) is 2.12. The quantitative estimate of drug-likeness (QED) is 0.588. The van der Waals surface area contributed by atoms with Crippen molar-refractivity contribution < 1.29 is 4.92 Å². The number of aryl methyl sites for hydroxylation is 1. The van der Waals surface area contributed by atoms with Gasteiger partial charge in [0.2, 0.25) is 0 Å². The van der Waals surface area contributed by atoms with E-state index in [2.05, 4.69) is 4.98 Å². The molecule has 0 saturated carbocycles. The van der Waals surface area contributed by atoms with E-state index < -0.39 is 4.92 Å². The molecule has 0 bridgehead atoms. The second kappa shape index (κ2) is 4.15. The van der Waals surface area contributed by atoms with E-state index in [-0.39, 0.29) is 11.7 Å². The van der Waals surface area contributed by atoms with Gasteiger partial charge >= 0.3 is 0 Å². The molecule has 0 fully saturated rings. The van der Waals surface area contributed by atoms with Crippen LogP contribution in [-0.4, -0.2) is 9.91 Å². The lowest BCUT2D eigenvalue weighted by Crippen LogP contribution is -2.11. The highest BCUT2D eigenvalue weighted by molar-refractivity contribution is 5.38. The van der Waals surface area contributed by atoms with Crippen LogP contribution in [0.5, 0.6) is 0 Å². The van der Waals surface area contributed by atoms with Crippen LogP contribution < -0.4 is 5.73 Å². The van der Waals surface area contributed by atoms with Crippen molar-refractivity contribution in [2.45, 2.75) is 26.3 Å². The fourth-order valence-electron chi connectivity index (χ4n) is 1.17. The first kappa shape index (κ1) is 10.6. The Morgan fingerprint density at radius 3 is 2.79 bits per heavy atom. The van der Waals surface area contributed by atoms with Crippen LogP contribution in [0.1, 0.15) is 30.6 Å². The highest BCUT2D eigenvalue weighted by Gasteiger charge is 2.13. The summed E-state index contributed by atoms with van der Waals surface area (Å²) in [7, 11) is 0. The van der Waals surface area contributed by atoms with Crippen LogP contribution in [-0.2, 0) is 0 Å². The summed E-state index contributed by atoms with van der Waals surface area (Å²) in [5.41, 5.74) is 7.10.